The fourth-order valence-corrected chi connectivity index (χ4v) is 1.93. The zero-order valence-corrected chi connectivity index (χ0v) is 11.5. The van der Waals surface area contributed by atoms with Gasteiger partial charge in [-0.2, -0.15) is 13.2 Å². The van der Waals surface area contributed by atoms with E-state index in [2.05, 4.69) is 5.32 Å². The van der Waals surface area contributed by atoms with E-state index in [-0.39, 0.29) is 11.8 Å². The molecule has 0 saturated carbocycles. The molecule has 1 atom stereocenters. The fraction of sp³-hybridized carbons (Fsp3) is 0.250. The van der Waals surface area contributed by atoms with E-state index in [0.717, 1.165) is 5.56 Å². The highest BCUT2D eigenvalue weighted by molar-refractivity contribution is 5.57. The molecule has 5 heteroatoms. The second-order valence-electron chi connectivity index (χ2n) is 4.68. The van der Waals surface area contributed by atoms with Gasteiger partial charge in [0.1, 0.15) is 5.75 Å². The van der Waals surface area contributed by atoms with Gasteiger partial charge in [-0.1, -0.05) is 42.5 Å². The van der Waals surface area contributed by atoms with Gasteiger partial charge in [-0.15, -0.1) is 0 Å². The summed E-state index contributed by atoms with van der Waals surface area (Å²) in [6, 6.07) is 16.2. The van der Waals surface area contributed by atoms with E-state index in [0.29, 0.717) is 5.69 Å². The first-order valence-electron chi connectivity index (χ1n) is 6.56. The lowest BCUT2D eigenvalue weighted by molar-refractivity contribution is -0.153. The summed E-state index contributed by atoms with van der Waals surface area (Å²) in [5.74, 6) is 0.192. The van der Waals surface area contributed by atoms with Crippen molar-refractivity contribution >= 4 is 5.69 Å². The highest BCUT2D eigenvalue weighted by atomic mass is 19.4. The molecule has 0 spiro atoms. The van der Waals surface area contributed by atoms with E-state index >= 15 is 0 Å². The minimum Gasteiger partial charge on any atom is -0.482 e. The SMILES string of the molecule is CC(Nc1ccccc1OCC(F)(F)F)c1ccccc1. The van der Waals surface area contributed by atoms with Crippen LogP contribution in [0.5, 0.6) is 5.75 Å². The molecule has 0 amide bonds. The summed E-state index contributed by atoms with van der Waals surface area (Å²) in [6.45, 7) is 0.640. The molecule has 1 unspecified atom stereocenters. The molecular formula is C16H16F3NO. The second-order valence-corrected chi connectivity index (χ2v) is 4.68. The summed E-state index contributed by atoms with van der Waals surface area (Å²) in [5, 5.41) is 3.17. The molecule has 0 bridgehead atoms. The Morgan fingerprint density at radius 3 is 2.29 bits per heavy atom. The third-order valence-electron chi connectivity index (χ3n) is 2.95. The van der Waals surface area contributed by atoms with Gasteiger partial charge in [-0.25, -0.2) is 0 Å². The number of halogens is 3. The van der Waals surface area contributed by atoms with Gasteiger partial charge >= 0.3 is 6.18 Å². The molecule has 0 radical (unpaired) electrons. The van der Waals surface area contributed by atoms with Gasteiger partial charge in [0, 0.05) is 6.04 Å². The van der Waals surface area contributed by atoms with E-state index in [1.54, 1.807) is 18.2 Å². The fourth-order valence-electron chi connectivity index (χ4n) is 1.93. The normalized spacial score (nSPS) is 12.8. The van der Waals surface area contributed by atoms with Gasteiger partial charge in [-0.05, 0) is 24.6 Å². The number of anilines is 1. The van der Waals surface area contributed by atoms with Gasteiger partial charge in [0.05, 0.1) is 5.69 Å². The van der Waals surface area contributed by atoms with Crippen LogP contribution in [0.1, 0.15) is 18.5 Å². The molecule has 2 aromatic rings. The van der Waals surface area contributed by atoms with Crippen LogP contribution >= 0.6 is 0 Å². The number of benzene rings is 2. The number of ether oxygens (including phenoxy) is 1. The zero-order valence-electron chi connectivity index (χ0n) is 11.5. The summed E-state index contributed by atoms with van der Waals surface area (Å²) in [6.07, 6.45) is -4.35. The molecule has 0 fully saturated rings. The minimum absolute atomic E-state index is 0.0400. The van der Waals surface area contributed by atoms with Crippen molar-refractivity contribution in [3.05, 3.63) is 60.2 Å². The lowest BCUT2D eigenvalue weighted by atomic mass is 10.1. The lowest BCUT2D eigenvalue weighted by Gasteiger charge is -2.19. The van der Waals surface area contributed by atoms with Gasteiger partial charge in [-0.3, -0.25) is 0 Å². The monoisotopic (exact) mass is 295 g/mol. The first-order chi connectivity index (χ1) is 9.96. The maximum Gasteiger partial charge on any atom is 0.422 e. The van der Waals surface area contributed by atoms with Gasteiger partial charge in [0.15, 0.2) is 6.61 Å². The molecule has 0 aliphatic heterocycles. The predicted octanol–water partition coefficient (Wildman–Crippen LogP) is 4.80. The van der Waals surface area contributed by atoms with E-state index in [1.807, 2.05) is 37.3 Å². The van der Waals surface area contributed by atoms with Crippen LogP contribution in [0.2, 0.25) is 0 Å². The van der Waals surface area contributed by atoms with Crippen molar-refractivity contribution in [3.8, 4) is 5.75 Å². The molecule has 112 valence electrons. The number of para-hydroxylation sites is 2. The first-order valence-corrected chi connectivity index (χ1v) is 6.56. The molecule has 0 aliphatic carbocycles. The van der Waals surface area contributed by atoms with E-state index in [9.17, 15) is 13.2 Å². The topological polar surface area (TPSA) is 21.3 Å². The highest BCUT2D eigenvalue weighted by Crippen LogP contribution is 2.29. The van der Waals surface area contributed by atoms with E-state index in [1.165, 1.54) is 6.07 Å². The van der Waals surface area contributed by atoms with Crippen LogP contribution in [-0.4, -0.2) is 12.8 Å². The molecule has 0 aromatic heterocycles. The van der Waals surface area contributed by atoms with E-state index in [4.69, 9.17) is 4.74 Å². The van der Waals surface area contributed by atoms with Gasteiger partial charge in [0.2, 0.25) is 0 Å². The lowest BCUT2D eigenvalue weighted by Crippen LogP contribution is -2.20. The van der Waals surface area contributed by atoms with Crippen molar-refractivity contribution < 1.29 is 17.9 Å². The molecule has 2 nitrogen and oxygen atoms in total. The largest absolute Gasteiger partial charge is 0.482 e. The second kappa shape index (κ2) is 6.52. The van der Waals surface area contributed by atoms with Gasteiger partial charge < -0.3 is 10.1 Å². The standard InChI is InChI=1S/C16H16F3NO/c1-12(13-7-3-2-4-8-13)20-14-9-5-6-10-15(14)21-11-16(17,18)19/h2-10,12,20H,11H2,1H3. The summed E-state index contributed by atoms with van der Waals surface area (Å²) in [5.41, 5.74) is 1.58. The molecule has 0 saturated heterocycles. The summed E-state index contributed by atoms with van der Waals surface area (Å²) in [4.78, 5) is 0. The van der Waals surface area contributed by atoms with Crippen LogP contribution in [0.3, 0.4) is 0 Å². The van der Waals surface area contributed by atoms with Crippen molar-refractivity contribution in [1.29, 1.82) is 0 Å². The molecule has 2 aromatic carbocycles. The Kier molecular flexibility index (Phi) is 4.73. The first kappa shape index (κ1) is 15.2. The minimum atomic E-state index is -4.35. The van der Waals surface area contributed by atoms with Crippen LogP contribution in [0.4, 0.5) is 18.9 Å². The highest BCUT2D eigenvalue weighted by Gasteiger charge is 2.28. The Morgan fingerprint density at radius 2 is 1.62 bits per heavy atom. The molecule has 0 heterocycles. The van der Waals surface area contributed by atoms with Crippen LogP contribution in [-0.2, 0) is 0 Å². The number of alkyl halides is 3. The number of rotatable bonds is 5. The van der Waals surface area contributed by atoms with Crippen LogP contribution in [0.15, 0.2) is 54.6 Å². The van der Waals surface area contributed by atoms with Crippen molar-refractivity contribution in [2.45, 2.75) is 19.1 Å². The Hall–Kier alpha value is -2.17. The van der Waals surface area contributed by atoms with Crippen LogP contribution in [0.25, 0.3) is 0 Å². The summed E-state index contributed by atoms with van der Waals surface area (Å²) < 4.78 is 41.6. The number of nitrogens with one attached hydrogen (secondary N) is 1. The van der Waals surface area contributed by atoms with Crippen molar-refractivity contribution in [2.24, 2.45) is 0 Å². The Labute approximate surface area is 121 Å². The molecular weight excluding hydrogens is 279 g/mol. The quantitative estimate of drug-likeness (QED) is 0.855. The van der Waals surface area contributed by atoms with Gasteiger partial charge in [0.25, 0.3) is 0 Å². The maximum absolute atomic E-state index is 12.3. The molecule has 21 heavy (non-hydrogen) atoms. The molecule has 0 aliphatic rings. The number of hydrogen-bond acceptors (Lipinski definition) is 2. The third kappa shape index (κ3) is 4.70. The smallest absolute Gasteiger partial charge is 0.422 e. The Balaban J connectivity index is 2.09. The predicted molar refractivity (Wildman–Crippen MR) is 76.5 cm³/mol. The molecule has 1 N–H and O–H groups in total. The Morgan fingerprint density at radius 1 is 1.00 bits per heavy atom. The zero-order chi connectivity index (χ0) is 15.3. The van der Waals surface area contributed by atoms with E-state index < -0.39 is 12.8 Å². The van der Waals surface area contributed by atoms with Crippen molar-refractivity contribution in [3.63, 3.8) is 0 Å². The third-order valence-corrected chi connectivity index (χ3v) is 2.95. The van der Waals surface area contributed by atoms with Crippen LogP contribution < -0.4 is 10.1 Å². The van der Waals surface area contributed by atoms with Crippen LogP contribution in [0, 0.1) is 0 Å². The average Bonchev–Trinajstić information content (AvgIpc) is 2.46. The average molecular weight is 295 g/mol. The van der Waals surface area contributed by atoms with Crippen molar-refractivity contribution in [1.82, 2.24) is 0 Å². The Bertz CT molecular complexity index is 569. The summed E-state index contributed by atoms with van der Waals surface area (Å²) >= 11 is 0. The maximum atomic E-state index is 12.3. The van der Waals surface area contributed by atoms with Crippen molar-refractivity contribution in [2.75, 3.05) is 11.9 Å². The summed E-state index contributed by atoms with van der Waals surface area (Å²) in [7, 11) is 0. The molecule has 2 rings (SSSR count). The number of hydrogen-bond donors (Lipinski definition) is 1.